The first-order valence-corrected chi connectivity index (χ1v) is 11.0. The van der Waals surface area contributed by atoms with Gasteiger partial charge in [0.25, 0.3) is 0 Å². The summed E-state index contributed by atoms with van der Waals surface area (Å²) in [5.74, 6) is -1.32. The molecule has 29 heavy (non-hydrogen) atoms. The number of carbonyl (C=O) groups excluding carboxylic acids is 2. The van der Waals surface area contributed by atoms with Crippen LogP contribution in [-0.4, -0.2) is 35.4 Å². The normalized spacial score (nSPS) is 39.9. The van der Waals surface area contributed by atoms with E-state index in [4.69, 9.17) is 13.6 Å². The van der Waals surface area contributed by atoms with Gasteiger partial charge >= 0.3 is 11.9 Å². The highest BCUT2D eigenvalue weighted by molar-refractivity contribution is 5.72. The molecule has 1 fully saturated rings. The molecule has 0 bridgehead atoms. The van der Waals surface area contributed by atoms with Gasteiger partial charge in [-0.2, -0.15) is 0 Å². The van der Waals surface area contributed by atoms with Crippen LogP contribution in [0.3, 0.4) is 0 Å². The number of fused-ring (bicyclic) bond motifs is 1. The van der Waals surface area contributed by atoms with Gasteiger partial charge in [0.05, 0.1) is 18.4 Å². The van der Waals surface area contributed by atoms with E-state index in [1.807, 2.05) is 26.0 Å². The van der Waals surface area contributed by atoms with Crippen molar-refractivity contribution in [3.8, 4) is 0 Å². The Morgan fingerprint density at radius 1 is 1.41 bits per heavy atom. The van der Waals surface area contributed by atoms with Crippen molar-refractivity contribution < 1.29 is 28.3 Å². The highest BCUT2D eigenvalue weighted by Crippen LogP contribution is 2.45. The van der Waals surface area contributed by atoms with E-state index in [1.165, 1.54) is 0 Å². The van der Waals surface area contributed by atoms with Crippen molar-refractivity contribution in [2.24, 2.45) is 29.6 Å². The molecule has 1 N–H and O–H groups in total. The molecule has 0 amide bonds. The Morgan fingerprint density at radius 3 is 2.90 bits per heavy atom. The molecule has 0 aromatic heterocycles. The Hall–Kier alpha value is -1.62. The molecule has 0 aromatic carbocycles. The lowest BCUT2D eigenvalue weighted by atomic mass is 9.65. The first-order chi connectivity index (χ1) is 15.0. The van der Waals surface area contributed by atoms with Crippen molar-refractivity contribution >= 4 is 11.9 Å². The Kier molecular flexibility index (Phi) is 5.93. The highest BCUT2D eigenvalue weighted by atomic mass is 16.5. The number of aliphatic hydroxyl groups excluding tert-OH is 1. The SMILES string of the molecule is [2H]C([2H])([2H])C1C=C2C=C[C@H](C)[C@H](CCC3C[C@@H](O)CC(=O)O3)[C@H]2C(OC(=O)[C@@H](C)CC)C1. The number of ether oxygens (including phenoxy) is 2. The molecule has 162 valence electrons. The van der Waals surface area contributed by atoms with Crippen molar-refractivity contribution in [3.63, 3.8) is 0 Å². The average molecular weight is 408 g/mol. The van der Waals surface area contributed by atoms with Crippen molar-refractivity contribution in [3.05, 3.63) is 23.8 Å². The summed E-state index contributed by atoms with van der Waals surface area (Å²) in [5.41, 5.74) is 0.920. The molecule has 8 atom stereocenters. The molecule has 3 aliphatic rings. The number of rotatable bonds is 6. The Bertz CT molecular complexity index is 759. The fraction of sp³-hybridized carbons (Fsp3) is 0.750. The summed E-state index contributed by atoms with van der Waals surface area (Å²) in [6, 6.07) is 0. The van der Waals surface area contributed by atoms with E-state index < -0.39 is 25.0 Å². The van der Waals surface area contributed by atoms with Gasteiger partial charge < -0.3 is 14.6 Å². The number of esters is 2. The van der Waals surface area contributed by atoms with Gasteiger partial charge in [0.15, 0.2) is 0 Å². The molecule has 5 heteroatoms. The minimum atomic E-state index is -2.15. The van der Waals surface area contributed by atoms with Gasteiger partial charge in [-0.1, -0.05) is 45.9 Å². The second kappa shape index (κ2) is 9.46. The number of carbonyl (C=O) groups is 2. The first-order valence-electron chi connectivity index (χ1n) is 12.5. The number of hydrogen-bond acceptors (Lipinski definition) is 5. The van der Waals surface area contributed by atoms with Gasteiger partial charge in [0.1, 0.15) is 12.2 Å². The molecule has 2 aliphatic carbocycles. The lowest BCUT2D eigenvalue weighted by molar-refractivity contribution is -0.162. The fourth-order valence-corrected chi connectivity index (χ4v) is 4.86. The molecule has 1 aliphatic heterocycles. The maximum absolute atomic E-state index is 12.7. The highest BCUT2D eigenvalue weighted by Gasteiger charge is 2.42. The topological polar surface area (TPSA) is 72.8 Å². The van der Waals surface area contributed by atoms with Gasteiger partial charge in [-0.3, -0.25) is 9.59 Å². The monoisotopic (exact) mass is 407 g/mol. The van der Waals surface area contributed by atoms with Gasteiger partial charge in [0, 0.05) is 16.5 Å². The number of allylic oxidation sites excluding steroid dienone is 3. The zero-order chi connectivity index (χ0) is 23.6. The summed E-state index contributed by atoms with van der Waals surface area (Å²) in [5, 5.41) is 9.92. The quantitative estimate of drug-likeness (QED) is 0.668. The molecular weight excluding hydrogens is 368 g/mol. The third-order valence-electron chi connectivity index (χ3n) is 6.73. The van der Waals surface area contributed by atoms with Crippen molar-refractivity contribution in [1.82, 2.24) is 0 Å². The van der Waals surface area contributed by atoms with Crippen molar-refractivity contribution in [2.45, 2.75) is 84.5 Å². The molecule has 0 radical (unpaired) electrons. The van der Waals surface area contributed by atoms with Crippen LogP contribution in [0.25, 0.3) is 0 Å². The predicted octanol–water partition coefficient (Wildman–Crippen LogP) is 4.20. The Morgan fingerprint density at radius 2 is 2.21 bits per heavy atom. The molecule has 0 spiro atoms. The van der Waals surface area contributed by atoms with E-state index in [1.54, 1.807) is 0 Å². The van der Waals surface area contributed by atoms with Crippen LogP contribution in [0, 0.1) is 29.6 Å². The van der Waals surface area contributed by atoms with Crippen LogP contribution in [0.15, 0.2) is 23.8 Å². The van der Waals surface area contributed by atoms with Gasteiger partial charge in [-0.15, -0.1) is 0 Å². The molecule has 1 heterocycles. The van der Waals surface area contributed by atoms with Gasteiger partial charge in [0.2, 0.25) is 0 Å². The van der Waals surface area contributed by atoms with Gasteiger partial charge in [-0.05, 0) is 49.0 Å². The lowest BCUT2D eigenvalue weighted by Crippen LogP contribution is -2.42. The van der Waals surface area contributed by atoms with Crippen molar-refractivity contribution in [2.75, 3.05) is 0 Å². The van der Waals surface area contributed by atoms with Gasteiger partial charge in [-0.25, -0.2) is 0 Å². The minimum Gasteiger partial charge on any atom is -0.462 e. The predicted molar refractivity (Wildman–Crippen MR) is 111 cm³/mol. The number of cyclic esters (lactones) is 1. The van der Waals surface area contributed by atoms with E-state index in [0.717, 1.165) is 12.0 Å². The van der Waals surface area contributed by atoms with Crippen LogP contribution in [-0.2, 0) is 19.1 Å². The lowest BCUT2D eigenvalue weighted by Gasteiger charge is -2.43. The average Bonchev–Trinajstić information content (AvgIpc) is 2.70. The minimum absolute atomic E-state index is 0.0404. The van der Waals surface area contributed by atoms with Crippen LogP contribution in [0.5, 0.6) is 0 Å². The largest absolute Gasteiger partial charge is 0.462 e. The Labute approximate surface area is 178 Å². The fourth-order valence-electron chi connectivity index (χ4n) is 4.86. The van der Waals surface area contributed by atoms with Crippen LogP contribution in [0.4, 0.5) is 0 Å². The molecule has 3 rings (SSSR count). The third kappa shape index (κ3) is 5.30. The number of aliphatic hydroxyl groups is 1. The van der Waals surface area contributed by atoms with Crippen molar-refractivity contribution in [1.29, 1.82) is 0 Å². The molecular formula is C24H36O5. The summed E-state index contributed by atoms with van der Waals surface area (Å²) < 4.78 is 35.1. The zero-order valence-electron chi connectivity index (χ0n) is 20.7. The van der Waals surface area contributed by atoms with Crippen LogP contribution in [0.1, 0.15) is 70.3 Å². The second-order valence-electron chi connectivity index (χ2n) is 8.98. The molecule has 3 unspecified atom stereocenters. The van der Waals surface area contributed by atoms with E-state index in [2.05, 4.69) is 13.0 Å². The molecule has 5 nitrogen and oxygen atoms in total. The smallest absolute Gasteiger partial charge is 0.308 e. The summed E-state index contributed by atoms with van der Waals surface area (Å²) in [7, 11) is 0. The first kappa shape index (κ1) is 18.2. The molecule has 0 aromatic rings. The maximum Gasteiger partial charge on any atom is 0.308 e. The maximum atomic E-state index is 12.7. The van der Waals surface area contributed by atoms with Crippen LogP contribution >= 0.6 is 0 Å². The van der Waals surface area contributed by atoms with E-state index in [0.29, 0.717) is 19.3 Å². The molecule has 0 saturated carbocycles. The van der Waals surface area contributed by atoms with Crippen LogP contribution < -0.4 is 0 Å². The third-order valence-corrected chi connectivity index (χ3v) is 6.73. The Balaban J connectivity index is 1.83. The summed E-state index contributed by atoms with van der Waals surface area (Å²) >= 11 is 0. The van der Waals surface area contributed by atoms with Crippen LogP contribution in [0.2, 0.25) is 0 Å². The second-order valence-corrected chi connectivity index (χ2v) is 8.98. The standard InChI is InChI=1S/C24H36O5/c1-5-15(3)24(27)29-21-11-14(2)10-17-7-6-16(4)20(23(17)21)9-8-19-12-18(25)13-22(26)28-19/h6-7,10,14-16,18-21,23,25H,5,8-9,11-13H2,1-4H3/t14?,15-,16-,18+,19?,20-,21?,23-/m0/s1/i2D3. The summed E-state index contributed by atoms with van der Waals surface area (Å²) in [6.07, 6.45) is 7.18. The number of hydrogen-bond donors (Lipinski definition) is 1. The molecule has 1 saturated heterocycles. The van der Waals surface area contributed by atoms with E-state index >= 15 is 0 Å². The van der Waals surface area contributed by atoms with E-state index in [9.17, 15) is 14.7 Å². The zero-order valence-corrected chi connectivity index (χ0v) is 17.7. The summed E-state index contributed by atoms with van der Waals surface area (Å²) in [6.45, 7) is 3.71. The summed E-state index contributed by atoms with van der Waals surface area (Å²) in [4.78, 5) is 24.4. The van der Waals surface area contributed by atoms with E-state index in [-0.39, 0.29) is 54.6 Å².